The molecule has 1 heterocycles. The van der Waals surface area contributed by atoms with E-state index in [1.807, 2.05) is 10.4 Å². The first-order valence-corrected chi connectivity index (χ1v) is 13.3. The summed E-state index contributed by atoms with van der Waals surface area (Å²) in [6, 6.07) is 22.5. The van der Waals surface area contributed by atoms with E-state index in [1.165, 1.54) is 75.3 Å². The van der Waals surface area contributed by atoms with Gasteiger partial charge in [0.2, 0.25) is 0 Å². The van der Waals surface area contributed by atoms with Gasteiger partial charge >= 0.3 is 0 Å². The van der Waals surface area contributed by atoms with Gasteiger partial charge in [-0.25, -0.2) is 0 Å². The molecule has 0 unspecified atom stereocenters. The van der Waals surface area contributed by atoms with Gasteiger partial charge in [-0.3, -0.25) is 0 Å². The second-order valence-corrected chi connectivity index (χ2v) is 10.5. The highest BCUT2D eigenvalue weighted by Gasteiger charge is 2.26. The standard InChI is InChI=1S/C28H38Si/c1-3-5-7-15-21-25-27(23-17-11-9-12-18-23)28(24-19-13-10-14-20-24)26(29-25)22-16-8-6-4-2/h9-14,17-20H,3-8,15-16,21-22,29H2,1-2H3. The zero-order valence-corrected chi connectivity index (χ0v) is 20.0. The molecule has 1 heteroatoms. The number of benzene rings is 2. The van der Waals surface area contributed by atoms with Crippen molar-refractivity contribution in [3.05, 3.63) is 82.2 Å². The maximum Gasteiger partial charge on any atom is 0.0790 e. The quantitative estimate of drug-likeness (QED) is 0.250. The molecule has 0 saturated heterocycles. The van der Waals surface area contributed by atoms with Crippen LogP contribution >= 0.6 is 0 Å². The van der Waals surface area contributed by atoms with Crippen LogP contribution < -0.4 is 0 Å². The fourth-order valence-corrected chi connectivity index (χ4v) is 7.14. The second-order valence-electron chi connectivity index (χ2n) is 8.49. The van der Waals surface area contributed by atoms with Crippen LogP contribution in [0.25, 0.3) is 11.1 Å². The molecule has 0 aliphatic carbocycles. The highest BCUT2D eigenvalue weighted by atomic mass is 28.2. The Bertz CT molecular complexity index is 729. The van der Waals surface area contributed by atoms with Crippen LogP contribution in [0.2, 0.25) is 0 Å². The average Bonchev–Trinajstić information content (AvgIpc) is 3.14. The molecule has 0 nitrogen and oxygen atoms in total. The highest BCUT2D eigenvalue weighted by Crippen LogP contribution is 2.43. The lowest BCUT2D eigenvalue weighted by atomic mass is 9.90. The van der Waals surface area contributed by atoms with Gasteiger partial charge < -0.3 is 0 Å². The monoisotopic (exact) mass is 402 g/mol. The van der Waals surface area contributed by atoms with Crippen LogP contribution in [0.5, 0.6) is 0 Å². The lowest BCUT2D eigenvalue weighted by Gasteiger charge is -2.15. The van der Waals surface area contributed by atoms with E-state index < -0.39 is 0 Å². The minimum atomic E-state index is -0.321. The van der Waals surface area contributed by atoms with Crippen LogP contribution in [0, 0.1) is 0 Å². The van der Waals surface area contributed by atoms with Crippen LogP contribution in [0.3, 0.4) is 0 Å². The van der Waals surface area contributed by atoms with E-state index in [9.17, 15) is 0 Å². The van der Waals surface area contributed by atoms with Crippen LogP contribution in [0.15, 0.2) is 71.1 Å². The molecule has 29 heavy (non-hydrogen) atoms. The molecule has 0 saturated carbocycles. The van der Waals surface area contributed by atoms with E-state index >= 15 is 0 Å². The van der Waals surface area contributed by atoms with Gasteiger partial charge in [0.05, 0.1) is 9.52 Å². The van der Waals surface area contributed by atoms with Crippen LogP contribution in [0.4, 0.5) is 0 Å². The molecule has 0 radical (unpaired) electrons. The van der Waals surface area contributed by atoms with Gasteiger partial charge in [0.25, 0.3) is 0 Å². The third-order valence-electron chi connectivity index (χ3n) is 6.17. The molecule has 2 aromatic rings. The molecular weight excluding hydrogens is 364 g/mol. The van der Waals surface area contributed by atoms with Crippen molar-refractivity contribution in [1.29, 1.82) is 0 Å². The van der Waals surface area contributed by atoms with Gasteiger partial charge in [0, 0.05) is 0 Å². The first kappa shape index (κ1) is 21.8. The van der Waals surface area contributed by atoms with Gasteiger partial charge in [-0.2, -0.15) is 0 Å². The number of hydrogen-bond donors (Lipinski definition) is 0. The molecule has 154 valence electrons. The summed E-state index contributed by atoms with van der Waals surface area (Å²) in [5, 5.41) is 3.63. The zero-order chi connectivity index (χ0) is 20.3. The molecule has 0 bridgehead atoms. The summed E-state index contributed by atoms with van der Waals surface area (Å²) in [5.74, 6) is 0. The third kappa shape index (κ3) is 6.06. The molecule has 0 aromatic heterocycles. The Morgan fingerprint density at radius 2 is 0.931 bits per heavy atom. The molecule has 0 fully saturated rings. The van der Waals surface area contributed by atoms with E-state index in [0.717, 1.165) is 0 Å². The number of hydrogen-bond acceptors (Lipinski definition) is 0. The topological polar surface area (TPSA) is 0 Å². The SMILES string of the molecule is CCCCCCC1=C(c2ccccc2)C(c2ccccc2)=C(CCCCCC)[SiH2]1. The van der Waals surface area contributed by atoms with Crippen molar-refractivity contribution < 1.29 is 0 Å². The Morgan fingerprint density at radius 1 is 0.517 bits per heavy atom. The third-order valence-corrected chi connectivity index (χ3v) is 8.44. The fourth-order valence-electron chi connectivity index (χ4n) is 4.65. The van der Waals surface area contributed by atoms with Crippen molar-refractivity contribution >= 4 is 20.7 Å². The summed E-state index contributed by atoms with van der Waals surface area (Å²) in [4.78, 5) is 0. The van der Waals surface area contributed by atoms with E-state index in [0.29, 0.717) is 0 Å². The van der Waals surface area contributed by atoms with E-state index in [4.69, 9.17) is 0 Å². The summed E-state index contributed by atoms with van der Waals surface area (Å²) in [6.07, 6.45) is 13.5. The van der Waals surface area contributed by atoms with Crippen LogP contribution in [0.1, 0.15) is 89.2 Å². The Labute approximate surface area is 181 Å². The smallest absolute Gasteiger partial charge is 0.0747 e. The van der Waals surface area contributed by atoms with Crippen molar-refractivity contribution in [3.8, 4) is 0 Å². The number of unbranched alkanes of at least 4 members (excludes halogenated alkanes) is 6. The molecule has 1 aliphatic rings. The van der Waals surface area contributed by atoms with Crippen molar-refractivity contribution in [2.75, 3.05) is 0 Å². The van der Waals surface area contributed by atoms with Crippen molar-refractivity contribution in [2.45, 2.75) is 78.1 Å². The maximum absolute atomic E-state index is 2.33. The van der Waals surface area contributed by atoms with Crippen LogP contribution in [-0.4, -0.2) is 9.52 Å². The predicted octanol–water partition coefficient (Wildman–Crippen LogP) is 7.93. The first-order chi connectivity index (χ1) is 14.3. The molecule has 0 N–H and O–H groups in total. The lowest BCUT2D eigenvalue weighted by Crippen LogP contribution is -1.98. The van der Waals surface area contributed by atoms with Gasteiger partial charge in [-0.1, -0.05) is 123 Å². The first-order valence-electron chi connectivity index (χ1n) is 11.9. The second kappa shape index (κ2) is 12.0. The fraction of sp³-hybridized carbons (Fsp3) is 0.429. The molecule has 0 spiro atoms. The predicted molar refractivity (Wildman–Crippen MR) is 133 cm³/mol. The summed E-state index contributed by atoms with van der Waals surface area (Å²) in [6.45, 7) is 4.62. The summed E-state index contributed by atoms with van der Waals surface area (Å²) >= 11 is 0. The molecule has 0 atom stereocenters. The van der Waals surface area contributed by atoms with E-state index in [-0.39, 0.29) is 9.52 Å². The van der Waals surface area contributed by atoms with Crippen molar-refractivity contribution in [2.24, 2.45) is 0 Å². The Balaban J connectivity index is 1.95. The minimum Gasteiger partial charge on any atom is -0.0747 e. The van der Waals surface area contributed by atoms with E-state index in [1.54, 1.807) is 11.1 Å². The van der Waals surface area contributed by atoms with Gasteiger partial charge in [-0.15, -0.1) is 0 Å². The minimum absolute atomic E-state index is 0.321. The largest absolute Gasteiger partial charge is 0.0790 e. The lowest BCUT2D eigenvalue weighted by molar-refractivity contribution is 0.669. The number of allylic oxidation sites excluding steroid dienone is 4. The summed E-state index contributed by atoms with van der Waals surface area (Å²) in [7, 11) is -0.321. The van der Waals surface area contributed by atoms with Crippen molar-refractivity contribution in [1.82, 2.24) is 0 Å². The number of rotatable bonds is 12. The maximum atomic E-state index is 2.33. The van der Waals surface area contributed by atoms with Gasteiger partial charge in [-0.05, 0) is 48.0 Å². The molecule has 3 rings (SSSR count). The Morgan fingerprint density at radius 3 is 1.31 bits per heavy atom. The summed E-state index contributed by atoms with van der Waals surface area (Å²) in [5.41, 5.74) is 6.08. The molecular formula is C28H38Si. The molecule has 0 amide bonds. The highest BCUT2D eigenvalue weighted by molar-refractivity contribution is 6.62. The normalized spacial score (nSPS) is 14.1. The zero-order valence-electron chi connectivity index (χ0n) is 18.6. The van der Waals surface area contributed by atoms with Gasteiger partial charge in [0.1, 0.15) is 0 Å². The summed E-state index contributed by atoms with van der Waals surface area (Å²) < 4.78 is 0. The molecule has 1 aliphatic heterocycles. The van der Waals surface area contributed by atoms with E-state index in [2.05, 4.69) is 74.5 Å². The Kier molecular flexibility index (Phi) is 9.02. The Hall–Kier alpha value is -1.86. The average molecular weight is 403 g/mol. The van der Waals surface area contributed by atoms with Crippen molar-refractivity contribution in [3.63, 3.8) is 0 Å². The van der Waals surface area contributed by atoms with Gasteiger partial charge in [0.15, 0.2) is 0 Å². The van der Waals surface area contributed by atoms with Crippen LogP contribution in [-0.2, 0) is 0 Å². The molecule has 2 aromatic carbocycles.